The molecule has 1 unspecified atom stereocenters. The Morgan fingerprint density at radius 3 is 2.71 bits per heavy atom. The summed E-state index contributed by atoms with van der Waals surface area (Å²) in [7, 11) is 0. The lowest BCUT2D eigenvalue weighted by atomic mass is 10.1. The fourth-order valence-corrected chi connectivity index (χ4v) is 4.84. The number of amides is 2. The molecule has 1 atom stereocenters. The molecule has 0 saturated heterocycles. The third kappa shape index (κ3) is 4.86. The van der Waals surface area contributed by atoms with E-state index in [1.54, 1.807) is 24.5 Å². The van der Waals surface area contributed by atoms with E-state index >= 15 is 0 Å². The van der Waals surface area contributed by atoms with Gasteiger partial charge in [0.15, 0.2) is 0 Å². The van der Waals surface area contributed by atoms with E-state index in [9.17, 15) is 9.59 Å². The number of nitrogens with two attached hydrogens (primary N) is 1. The van der Waals surface area contributed by atoms with Crippen LogP contribution in [0.4, 0.5) is 5.69 Å². The fraction of sp³-hybridized carbons (Fsp3) is 0.115. The van der Waals surface area contributed by atoms with Crippen LogP contribution in [-0.4, -0.2) is 34.4 Å². The van der Waals surface area contributed by atoms with Gasteiger partial charge >= 0.3 is 0 Å². The van der Waals surface area contributed by atoms with Gasteiger partial charge in [0.2, 0.25) is 0 Å². The number of carbonyl (C=O) groups is 2. The van der Waals surface area contributed by atoms with Crippen LogP contribution in [0.25, 0.3) is 21.5 Å². The quantitative estimate of drug-likeness (QED) is 0.259. The molecule has 0 saturated carbocycles. The highest BCUT2D eigenvalue weighted by molar-refractivity contribution is 7.17. The second kappa shape index (κ2) is 9.96. The molecule has 0 spiro atoms. The van der Waals surface area contributed by atoms with Crippen molar-refractivity contribution in [1.82, 2.24) is 15.3 Å². The zero-order valence-corrected chi connectivity index (χ0v) is 19.5. The second-order valence-corrected chi connectivity index (χ2v) is 9.09. The van der Waals surface area contributed by atoms with E-state index in [1.165, 1.54) is 23.9 Å². The molecule has 5 aromatic rings. The van der Waals surface area contributed by atoms with Gasteiger partial charge in [0, 0.05) is 35.4 Å². The number of aromatic nitrogens is 2. The first kappa shape index (κ1) is 22.6. The standard InChI is InChI=1S/C26H23N5O3S/c27-13-18(12-16-4-2-1-3-5-16)30-26(33)22-7-6-21(35-22)19-8-10-28-24-23(19)20(14-29-24)31-25(32)17-9-11-34-15-17/h1-11,14-15,18H,12-13,27H2,(H,28,29)(H,30,33)(H,31,32). The molecular formula is C26H23N5O3S. The van der Waals surface area contributed by atoms with E-state index in [1.807, 2.05) is 42.5 Å². The van der Waals surface area contributed by atoms with Crippen LogP contribution in [0.5, 0.6) is 0 Å². The summed E-state index contributed by atoms with van der Waals surface area (Å²) in [6.45, 7) is 0.340. The van der Waals surface area contributed by atoms with Crippen LogP contribution >= 0.6 is 11.3 Å². The average Bonchev–Trinajstić information content (AvgIpc) is 3.65. The number of rotatable bonds is 8. The number of hydrogen-bond donors (Lipinski definition) is 4. The van der Waals surface area contributed by atoms with Crippen LogP contribution in [-0.2, 0) is 6.42 Å². The molecule has 0 aliphatic carbocycles. The number of H-pyrrole nitrogens is 1. The molecule has 176 valence electrons. The highest BCUT2D eigenvalue weighted by Gasteiger charge is 2.19. The number of anilines is 1. The molecular weight excluding hydrogens is 462 g/mol. The molecule has 0 bridgehead atoms. The van der Waals surface area contributed by atoms with Crippen molar-refractivity contribution in [2.75, 3.05) is 11.9 Å². The minimum Gasteiger partial charge on any atom is -0.472 e. The highest BCUT2D eigenvalue weighted by atomic mass is 32.1. The van der Waals surface area contributed by atoms with Gasteiger partial charge in [-0.1, -0.05) is 30.3 Å². The van der Waals surface area contributed by atoms with E-state index in [4.69, 9.17) is 10.2 Å². The first-order valence-corrected chi connectivity index (χ1v) is 11.9. The summed E-state index contributed by atoms with van der Waals surface area (Å²) in [4.78, 5) is 34.5. The lowest BCUT2D eigenvalue weighted by Crippen LogP contribution is -2.41. The summed E-state index contributed by atoms with van der Waals surface area (Å²) in [5.74, 6) is -0.451. The summed E-state index contributed by atoms with van der Waals surface area (Å²) in [6.07, 6.45) is 6.90. The molecule has 5 N–H and O–H groups in total. The number of hydrogen-bond acceptors (Lipinski definition) is 6. The van der Waals surface area contributed by atoms with Gasteiger partial charge in [0.1, 0.15) is 11.9 Å². The van der Waals surface area contributed by atoms with Gasteiger partial charge in [-0.25, -0.2) is 4.98 Å². The Labute approximate surface area is 205 Å². The Morgan fingerprint density at radius 2 is 1.94 bits per heavy atom. The van der Waals surface area contributed by atoms with Crippen LogP contribution in [0.3, 0.4) is 0 Å². The number of furan rings is 1. The van der Waals surface area contributed by atoms with Crippen molar-refractivity contribution in [1.29, 1.82) is 0 Å². The minimum absolute atomic E-state index is 0.166. The van der Waals surface area contributed by atoms with E-state index in [2.05, 4.69) is 20.6 Å². The lowest BCUT2D eigenvalue weighted by molar-refractivity contribution is 0.0941. The summed E-state index contributed by atoms with van der Waals surface area (Å²) in [6, 6.07) is 16.9. The van der Waals surface area contributed by atoms with E-state index < -0.39 is 0 Å². The van der Waals surface area contributed by atoms with Crippen molar-refractivity contribution < 1.29 is 14.0 Å². The number of fused-ring (bicyclic) bond motifs is 1. The summed E-state index contributed by atoms with van der Waals surface area (Å²) >= 11 is 1.37. The molecule has 0 aliphatic rings. The molecule has 2 amide bonds. The van der Waals surface area contributed by atoms with Gasteiger partial charge in [-0.15, -0.1) is 11.3 Å². The Morgan fingerprint density at radius 1 is 1.09 bits per heavy atom. The smallest absolute Gasteiger partial charge is 0.261 e. The zero-order chi connectivity index (χ0) is 24.2. The third-order valence-corrected chi connectivity index (χ3v) is 6.76. The molecule has 0 fully saturated rings. The van der Waals surface area contributed by atoms with Crippen LogP contribution < -0.4 is 16.4 Å². The minimum atomic E-state index is -0.285. The zero-order valence-electron chi connectivity index (χ0n) is 18.7. The molecule has 0 radical (unpaired) electrons. The van der Waals surface area contributed by atoms with Crippen LogP contribution in [0.1, 0.15) is 25.6 Å². The number of nitrogens with zero attached hydrogens (tertiary/aromatic N) is 1. The molecule has 1 aromatic carbocycles. The first-order chi connectivity index (χ1) is 17.1. The number of nitrogens with one attached hydrogen (secondary N) is 3. The number of carbonyl (C=O) groups excluding carboxylic acids is 2. The SMILES string of the molecule is NCC(Cc1ccccc1)NC(=O)c1ccc(-c2ccnc3[nH]cc(NC(=O)c4ccoc4)c23)s1. The largest absolute Gasteiger partial charge is 0.472 e. The molecule has 8 nitrogen and oxygen atoms in total. The Balaban J connectivity index is 1.37. The summed E-state index contributed by atoms with van der Waals surface area (Å²) < 4.78 is 5.00. The Hall–Kier alpha value is -4.21. The van der Waals surface area contributed by atoms with Crippen molar-refractivity contribution in [3.63, 3.8) is 0 Å². The summed E-state index contributed by atoms with van der Waals surface area (Å²) in [5.41, 5.74) is 9.56. The Bertz CT molecular complexity index is 1460. The normalized spacial score (nSPS) is 11.9. The first-order valence-electron chi connectivity index (χ1n) is 11.1. The van der Waals surface area contributed by atoms with Crippen molar-refractivity contribution in [2.24, 2.45) is 5.73 Å². The van der Waals surface area contributed by atoms with Crippen molar-refractivity contribution >= 4 is 39.9 Å². The maximum atomic E-state index is 13.0. The van der Waals surface area contributed by atoms with Crippen molar-refractivity contribution in [3.8, 4) is 10.4 Å². The number of benzene rings is 1. The average molecular weight is 486 g/mol. The van der Waals surface area contributed by atoms with Crippen LogP contribution in [0.2, 0.25) is 0 Å². The fourth-order valence-electron chi connectivity index (χ4n) is 3.90. The highest BCUT2D eigenvalue weighted by Crippen LogP contribution is 2.36. The van der Waals surface area contributed by atoms with Gasteiger partial charge in [-0.3, -0.25) is 9.59 Å². The van der Waals surface area contributed by atoms with E-state index in [-0.39, 0.29) is 17.9 Å². The van der Waals surface area contributed by atoms with Crippen molar-refractivity contribution in [3.05, 3.63) is 95.5 Å². The number of pyridine rings is 1. The van der Waals surface area contributed by atoms with Gasteiger partial charge in [0.05, 0.1) is 27.8 Å². The summed E-state index contributed by atoms with van der Waals surface area (Å²) in [5, 5.41) is 6.71. The predicted molar refractivity (Wildman–Crippen MR) is 137 cm³/mol. The third-order valence-electron chi connectivity index (χ3n) is 5.65. The molecule has 0 aliphatic heterocycles. The van der Waals surface area contributed by atoms with Gasteiger partial charge < -0.3 is 25.8 Å². The van der Waals surface area contributed by atoms with Gasteiger partial charge in [-0.2, -0.15) is 0 Å². The number of thiophene rings is 1. The molecule has 5 rings (SSSR count). The lowest BCUT2D eigenvalue weighted by Gasteiger charge is -2.16. The van der Waals surface area contributed by atoms with Gasteiger partial charge in [-0.05, 0) is 36.2 Å². The van der Waals surface area contributed by atoms with Crippen molar-refractivity contribution in [2.45, 2.75) is 12.5 Å². The predicted octanol–water partition coefficient (Wildman–Crippen LogP) is 4.44. The maximum absolute atomic E-state index is 13.0. The van der Waals surface area contributed by atoms with Crippen LogP contribution in [0.15, 0.2) is 83.9 Å². The molecule has 9 heteroatoms. The maximum Gasteiger partial charge on any atom is 0.261 e. The number of aromatic amines is 1. The molecule has 4 heterocycles. The monoisotopic (exact) mass is 485 g/mol. The van der Waals surface area contributed by atoms with E-state index in [0.717, 1.165) is 21.4 Å². The second-order valence-electron chi connectivity index (χ2n) is 8.01. The van der Waals surface area contributed by atoms with Crippen LogP contribution in [0, 0.1) is 0 Å². The topological polar surface area (TPSA) is 126 Å². The Kier molecular flexibility index (Phi) is 6.42. The van der Waals surface area contributed by atoms with Gasteiger partial charge in [0.25, 0.3) is 11.8 Å². The van der Waals surface area contributed by atoms with E-state index in [0.29, 0.717) is 34.7 Å². The molecule has 4 aromatic heterocycles. The molecule has 35 heavy (non-hydrogen) atoms.